The second-order valence-corrected chi connectivity index (χ2v) is 11.5. The lowest BCUT2D eigenvalue weighted by Crippen LogP contribution is -2.42. The summed E-state index contributed by atoms with van der Waals surface area (Å²) in [6.07, 6.45) is 4.07. The molecule has 9 heteroatoms. The minimum absolute atomic E-state index is 0.0269. The Labute approximate surface area is 223 Å². The van der Waals surface area contributed by atoms with Crippen molar-refractivity contribution in [1.82, 2.24) is 20.0 Å². The molecule has 38 heavy (non-hydrogen) atoms. The summed E-state index contributed by atoms with van der Waals surface area (Å²) in [4.78, 5) is 27.4. The van der Waals surface area contributed by atoms with E-state index < -0.39 is 23.8 Å². The Hall–Kier alpha value is -2.81. The summed E-state index contributed by atoms with van der Waals surface area (Å²) in [5.74, 6) is -3.38. The third-order valence-electron chi connectivity index (χ3n) is 8.34. The van der Waals surface area contributed by atoms with Crippen molar-refractivity contribution in [2.45, 2.75) is 90.3 Å². The second-order valence-electron chi connectivity index (χ2n) is 11.5. The molecule has 4 atom stereocenters. The quantitative estimate of drug-likeness (QED) is 0.411. The maximum absolute atomic E-state index is 14.5. The Morgan fingerprint density at radius 1 is 1.16 bits per heavy atom. The number of carbonyl (C=O) groups excluding carboxylic acids is 1. The van der Waals surface area contributed by atoms with Crippen LogP contribution in [0, 0.1) is 11.8 Å². The zero-order chi connectivity index (χ0) is 27.6. The van der Waals surface area contributed by atoms with E-state index in [0.29, 0.717) is 29.5 Å². The van der Waals surface area contributed by atoms with Gasteiger partial charge in [0.2, 0.25) is 0 Å². The molecule has 1 unspecified atom stereocenters. The predicted molar refractivity (Wildman–Crippen MR) is 142 cm³/mol. The fourth-order valence-corrected chi connectivity index (χ4v) is 5.98. The molecule has 2 aromatic rings. The van der Waals surface area contributed by atoms with Gasteiger partial charge in [-0.1, -0.05) is 51.0 Å². The van der Waals surface area contributed by atoms with Crippen molar-refractivity contribution < 1.29 is 23.5 Å². The Bertz CT molecular complexity index is 1130. The van der Waals surface area contributed by atoms with Gasteiger partial charge in [0.1, 0.15) is 0 Å². The third kappa shape index (κ3) is 6.42. The molecular weight excluding hydrogens is 490 g/mol. The van der Waals surface area contributed by atoms with Gasteiger partial charge in [0, 0.05) is 43.2 Å². The van der Waals surface area contributed by atoms with E-state index in [4.69, 9.17) is 0 Å². The first-order chi connectivity index (χ1) is 17.9. The first-order valence-corrected chi connectivity index (χ1v) is 13.8. The van der Waals surface area contributed by atoms with E-state index in [1.807, 2.05) is 0 Å². The minimum atomic E-state index is -3.06. The largest absolute Gasteiger partial charge is 0.481 e. The van der Waals surface area contributed by atoms with Gasteiger partial charge in [-0.2, -0.15) is 5.10 Å². The first-order valence-electron chi connectivity index (χ1n) is 13.8. The Kier molecular flexibility index (Phi) is 8.55. The van der Waals surface area contributed by atoms with Crippen LogP contribution in [-0.2, 0) is 10.7 Å². The molecule has 1 aromatic carbocycles. The molecular formula is C29H40F2N4O3. The van der Waals surface area contributed by atoms with Crippen molar-refractivity contribution in [3.8, 4) is 11.3 Å². The molecule has 1 amide bonds. The molecule has 1 saturated carbocycles. The van der Waals surface area contributed by atoms with Crippen LogP contribution < -0.4 is 5.32 Å². The summed E-state index contributed by atoms with van der Waals surface area (Å²) in [6.45, 7) is 9.28. The summed E-state index contributed by atoms with van der Waals surface area (Å²) < 4.78 is 30.7. The van der Waals surface area contributed by atoms with Crippen LogP contribution in [0.25, 0.3) is 11.3 Å². The lowest BCUT2D eigenvalue weighted by Gasteiger charge is -2.28. The molecule has 0 bridgehead atoms. The van der Waals surface area contributed by atoms with Crippen molar-refractivity contribution in [1.29, 1.82) is 0 Å². The number of hydrogen-bond donors (Lipinski definition) is 2. The summed E-state index contributed by atoms with van der Waals surface area (Å²) in [6, 6.07) is 7.48. The monoisotopic (exact) mass is 530 g/mol. The number of alkyl halides is 2. The van der Waals surface area contributed by atoms with Crippen molar-refractivity contribution in [3.63, 3.8) is 0 Å². The van der Waals surface area contributed by atoms with Crippen LogP contribution in [0.15, 0.2) is 30.3 Å². The highest BCUT2D eigenvalue weighted by Gasteiger charge is 2.33. The fourth-order valence-electron chi connectivity index (χ4n) is 5.98. The molecule has 2 aliphatic rings. The molecule has 0 spiro atoms. The number of amides is 1. The van der Waals surface area contributed by atoms with E-state index in [1.165, 1.54) is 6.07 Å². The molecule has 4 rings (SSSR count). The summed E-state index contributed by atoms with van der Waals surface area (Å²) >= 11 is 0. The van der Waals surface area contributed by atoms with Crippen LogP contribution in [-0.4, -0.2) is 56.8 Å². The first kappa shape index (κ1) is 28.2. The molecule has 1 aromatic heterocycles. The summed E-state index contributed by atoms with van der Waals surface area (Å²) in [5, 5.41) is 17.0. The van der Waals surface area contributed by atoms with Crippen molar-refractivity contribution in [3.05, 3.63) is 41.6 Å². The van der Waals surface area contributed by atoms with Crippen molar-refractivity contribution in [2.75, 3.05) is 13.1 Å². The maximum Gasteiger partial charge on any atom is 0.305 e. The highest BCUT2D eigenvalue weighted by molar-refractivity contribution is 5.94. The van der Waals surface area contributed by atoms with Crippen LogP contribution in [0.5, 0.6) is 0 Å². The highest BCUT2D eigenvalue weighted by atomic mass is 19.3. The number of aromatic nitrogens is 2. The Morgan fingerprint density at radius 2 is 1.79 bits per heavy atom. The number of carboxylic acids is 1. The van der Waals surface area contributed by atoms with Crippen LogP contribution in [0.2, 0.25) is 0 Å². The van der Waals surface area contributed by atoms with E-state index in [9.17, 15) is 23.5 Å². The number of rotatable bonds is 10. The maximum atomic E-state index is 14.5. The third-order valence-corrected chi connectivity index (χ3v) is 8.34. The Balaban J connectivity index is 1.60. The van der Waals surface area contributed by atoms with Crippen LogP contribution >= 0.6 is 0 Å². The van der Waals surface area contributed by atoms with E-state index in [-0.39, 0.29) is 29.8 Å². The summed E-state index contributed by atoms with van der Waals surface area (Å²) in [7, 11) is 0. The molecule has 1 saturated heterocycles. The number of halogens is 2. The van der Waals surface area contributed by atoms with E-state index >= 15 is 0 Å². The topological polar surface area (TPSA) is 87.5 Å². The van der Waals surface area contributed by atoms with Crippen LogP contribution in [0.1, 0.15) is 88.3 Å². The number of carbonyl (C=O) groups is 2. The van der Waals surface area contributed by atoms with Gasteiger partial charge >= 0.3 is 5.97 Å². The SMILES string of the molecule is CC(C[C@@H](CC(=O)O)NC(=O)c1cc(-c2ccccc2C(C)(F)F)n(C2CCCC2)n1)N1C[C@@H](C)[C@H](C)C1. The molecule has 1 aliphatic heterocycles. The molecule has 0 radical (unpaired) electrons. The number of carboxylic acid groups (broad SMARTS) is 1. The lowest BCUT2D eigenvalue weighted by atomic mass is 9.99. The van der Waals surface area contributed by atoms with Crippen molar-refractivity contribution >= 4 is 11.9 Å². The summed E-state index contributed by atoms with van der Waals surface area (Å²) in [5.41, 5.74) is 0.846. The number of nitrogens with one attached hydrogen (secondary N) is 1. The number of aliphatic carboxylic acids is 1. The standard InChI is InChI=1S/C29H40F2N4O3/c1-18-16-34(17-19(18)2)20(3)13-21(14-27(36)37)32-28(38)25-15-26(35(33-25)22-9-5-6-10-22)23-11-7-8-12-24(23)29(4,30)31/h7-8,11-12,15,18-22H,5-6,9-10,13-14,16-17H2,1-4H3,(H,32,38)(H,36,37)/t18-,19-,20?,21+/m1/s1. The second kappa shape index (κ2) is 11.5. The molecule has 1 aliphatic carbocycles. The van der Waals surface area contributed by atoms with E-state index in [0.717, 1.165) is 45.7 Å². The normalized spacial score (nSPS) is 22.5. The number of benzene rings is 1. The molecule has 2 fully saturated rings. The molecule has 7 nitrogen and oxygen atoms in total. The smallest absolute Gasteiger partial charge is 0.305 e. The fraction of sp³-hybridized carbons (Fsp3) is 0.621. The number of nitrogens with zero attached hydrogens (tertiary/aromatic N) is 3. The number of hydrogen-bond acceptors (Lipinski definition) is 4. The predicted octanol–water partition coefficient (Wildman–Crippen LogP) is 5.72. The van der Waals surface area contributed by atoms with Crippen LogP contribution in [0.4, 0.5) is 8.78 Å². The van der Waals surface area contributed by atoms with Crippen molar-refractivity contribution in [2.24, 2.45) is 11.8 Å². The van der Waals surface area contributed by atoms with Gasteiger partial charge in [-0.15, -0.1) is 0 Å². The average Bonchev–Trinajstić information content (AvgIpc) is 3.58. The van der Waals surface area contributed by atoms with Gasteiger partial charge in [0.05, 0.1) is 18.2 Å². The van der Waals surface area contributed by atoms with Gasteiger partial charge in [-0.25, -0.2) is 8.78 Å². The average molecular weight is 531 g/mol. The molecule has 208 valence electrons. The molecule has 2 N–H and O–H groups in total. The zero-order valence-electron chi connectivity index (χ0n) is 22.8. The van der Waals surface area contributed by atoms with Crippen LogP contribution in [0.3, 0.4) is 0 Å². The van der Waals surface area contributed by atoms with E-state index in [1.54, 1.807) is 28.9 Å². The van der Waals surface area contributed by atoms with Gasteiger partial charge in [0.15, 0.2) is 5.69 Å². The van der Waals surface area contributed by atoms with Gasteiger partial charge in [-0.05, 0) is 44.1 Å². The van der Waals surface area contributed by atoms with Gasteiger partial charge in [-0.3, -0.25) is 14.3 Å². The lowest BCUT2D eigenvalue weighted by molar-refractivity contribution is -0.137. The van der Waals surface area contributed by atoms with Gasteiger partial charge in [0.25, 0.3) is 11.8 Å². The Morgan fingerprint density at radius 3 is 2.39 bits per heavy atom. The minimum Gasteiger partial charge on any atom is -0.481 e. The number of likely N-dealkylation sites (tertiary alicyclic amines) is 1. The zero-order valence-corrected chi connectivity index (χ0v) is 22.8. The van der Waals surface area contributed by atoms with Gasteiger partial charge < -0.3 is 15.3 Å². The molecule has 2 heterocycles. The highest BCUT2D eigenvalue weighted by Crippen LogP contribution is 2.39. The van der Waals surface area contributed by atoms with E-state index in [2.05, 4.69) is 36.1 Å².